The van der Waals surface area contributed by atoms with Gasteiger partial charge in [-0.1, -0.05) is 0 Å². The fourth-order valence-electron chi connectivity index (χ4n) is 3.70. The third-order valence-corrected chi connectivity index (χ3v) is 7.46. The van der Waals surface area contributed by atoms with Gasteiger partial charge in [-0.15, -0.1) is 0 Å². The van der Waals surface area contributed by atoms with Crippen LogP contribution in [0.2, 0.25) is 0 Å². The van der Waals surface area contributed by atoms with Gasteiger partial charge in [0.05, 0.1) is 0 Å². The second-order valence-electron chi connectivity index (χ2n) is 6.76. The van der Waals surface area contributed by atoms with Gasteiger partial charge in [0, 0.05) is 0 Å². The van der Waals surface area contributed by atoms with Gasteiger partial charge in [-0.25, -0.2) is 0 Å². The molecule has 0 fully saturated rings. The van der Waals surface area contributed by atoms with Crippen LogP contribution in [0.25, 0.3) is 12.2 Å². The Balaban J connectivity index is 0.00000131. The minimum absolute atomic E-state index is 0. The number of rotatable bonds is 6. The quantitative estimate of drug-likeness (QED) is 0.547. The fraction of sp³-hybridized carbons (Fsp3) is 0.273. The first-order valence-electron chi connectivity index (χ1n) is 8.84. The average molecular weight is 481 g/mol. The van der Waals surface area contributed by atoms with E-state index in [1.807, 2.05) is 0 Å². The molecule has 2 nitrogen and oxygen atoms in total. The van der Waals surface area contributed by atoms with Crippen molar-refractivity contribution in [3.05, 3.63) is 82.9 Å². The standard InChI is InChI=1S/2C11H11O.2ClH.Zr/c2*1-8(12)10-7-6-9-4-2-3-5-11(9)10;;;/h2*2-8,10H,1H3;2*1H;/q2*-1;;;+4/p-2. The van der Waals surface area contributed by atoms with Crippen molar-refractivity contribution < 1.29 is 54.6 Å². The molecule has 5 heteroatoms. The molecular formula is C22H22Cl2O2Zr. The summed E-state index contributed by atoms with van der Waals surface area (Å²) in [5.74, 6) is 0.700. The van der Waals surface area contributed by atoms with Crippen molar-refractivity contribution >= 4 is 12.2 Å². The van der Waals surface area contributed by atoms with E-state index in [2.05, 4.69) is 86.7 Å². The van der Waals surface area contributed by atoms with Crippen molar-refractivity contribution in [1.29, 1.82) is 0 Å². The fourth-order valence-corrected chi connectivity index (χ4v) is 5.30. The number of hydrogen-bond acceptors (Lipinski definition) is 2. The Morgan fingerprint density at radius 3 is 1.56 bits per heavy atom. The Labute approximate surface area is 186 Å². The summed E-state index contributed by atoms with van der Waals surface area (Å²) in [5, 5.41) is 0. The van der Waals surface area contributed by atoms with Crippen molar-refractivity contribution in [2.45, 2.75) is 37.9 Å². The van der Waals surface area contributed by atoms with Crippen LogP contribution in [0.15, 0.2) is 60.7 Å². The van der Waals surface area contributed by atoms with E-state index in [9.17, 15) is 0 Å². The SMILES string of the molecule is CC([O][Zr+2][O]C(C)C1C=Cc2ccccc21)C1C=Cc2ccccc21.[Cl-].[Cl-]. The molecule has 4 rings (SSSR count). The third-order valence-electron chi connectivity index (χ3n) is 5.16. The van der Waals surface area contributed by atoms with Crippen LogP contribution >= 0.6 is 0 Å². The molecule has 0 spiro atoms. The number of hydrogen-bond donors (Lipinski definition) is 0. The van der Waals surface area contributed by atoms with Crippen molar-refractivity contribution in [3.8, 4) is 0 Å². The Kier molecular flexibility index (Phi) is 8.52. The van der Waals surface area contributed by atoms with E-state index in [1.54, 1.807) is 0 Å². The van der Waals surface area contributed by atoms with Gasteiger partial charge < -0.3 is 24.8 Å². The van der Waals surface area contributed by atoms with E-state index in [0.29, 0.717) is 11.8 Å². The number of fused-ring (bicyclic) bond motifs is 2. The first kappa shape index (κ1) is 22.6. The maximum absolute atomic E-state index is 6.17. The minimum atomic E-state index is -1.32. The summed E-state index contributed by atoms with van der Waals surface area (Å²) in [6, 6.07) is 17.1. The molecule has 0 saturated heterocycles. The van der Waals surface area contributed by atoms with Crippen LogP contribution in [-0.4, -0.2) is 12.2 Å². The van der Waals surface area contributed by atoms with Gasteiger partial charge in [-0.3, -0.25) is 0 Å². The number of benzene rings is 2. The second kappa shape index (κ2) is 10.2. The zero-order chi connectivity index (χ0) is 17.2. The van der Waals surface area contributed by atoms with Gasteiger partial charge in [-0.05, 0) is 0 Å². The van der Waals surface area contributed by atoms with Gasteiger partial charge in [0.15, 0.2) is 0 Å². The summed E-state index contributed by atoms with van der Waals surface area (Å²) in [6.45, 7) is 4.33. The van der Waals surface area contributed by atoms with E-state index in [4.69, 9.17) is 5.63 Å². The normalized spacial score (nSPS) is 20.7. The Hall–Kier alpha value is -0.697. The van der Waals surface area contributed by atoms with E-state index in [0.717, 1.165) is 0 Å². The number of halogens is 2. The van der Waals surface area contributed by atoms with Crippen LogP contribution in [0.4, 0.5) is 0 Å². The Morgan fingerprint density at radius 2 is 1.11 bits per heavy atom. The van der Waals surface area contributed by atoms with Gasteiger partial charge in [0.1, 0.15) is 0 Å². The van der Waals surface area contributed by atoms with Crippen LogP contribution < -0.4 is 24.8 Å². The van der Waals surface area contributed by atoms with Crippen LogP contribution in [0.5, 0.6) is 0 Å². The first-order chi connectivity index (χ1) is 12.2. The third kappa shape index (κ3) is 4.84. The summed E-state index contributed by atoms with van der Waals surface area (Å²) in [6.07, 6.45) is 9.26. The van der Waals surface area contributed by atoms with Crippen LogP contribution in [0.1, 0.15) is 47.9 Å². The average Bonchev–Trinajstić information content (AvgIpc) is 3.26. The van der Waals surface area contributed by atoms with E-state index in [-0.39, 0.29) is 37.0 Å². The van der Waals surface area contributed by atoms with Crippen LogP contribution in [0, 0.1) is 0 Å². The molecule has 140 valence electrons. The van der Waals surface area contributed by atoms with Crippen molar-refractivity contribution in [2.24, 2.45) is 0 Å². The maximum atomic E-state index is 6.17. The monoisotopic (exact) mass is 478 g/mol. The summed E-state index contributed by atoms with van der Waals surface area (Å²) < 4.78 is 12.3. The summed E-state index contributed by atoms with van der Waals surface area (Å²) >= 11 is -1.32. The van der Waals surface area contributed by atoms with E-state index >= 15 is 0 Å². The predicted octanol–water partition coefficient (Wildman–Crippen LogP) is -0.662. The van der Waals surface area contributed by atoms with Gasteiger partial charge >= 0.3 is 163 Å². The molecule has 0 aromatic heterocycles. The molecule has 4 unspecified atom stereocenters. The van der Waals surface area contributed by atoms with E-state index < -0.39 is 24.1 Å². The van der Waals surface area contributed by atoms with Crippen LogP contribution in [-0.2, 0) is 29.7 Å². The molecule has 0 amide bonds. The zero-order valence-electron chi connectivity index (χ0n) is 15.3. The summed E-state index contributed by atoms with van der Waals surface area (Å²) in [4.78, 5) is 0. The molecule has 27 heavy (non-hydrogen) atoms. The zero-order valence-corrected chi connectivity index (χ0v) is 19.3. The molecule has 0 aliphatic heterocycles. The molecule has 2 aromatic rings. The summed E-state index contributed by atoms with van der Waals surface area (Å²) in [5.41, 5.74) is 5.37. The predicted molar refractivity (Wildman–Crippen MR) is 97.5 cm³/mol. The first-order valence-corrected chi connectivity index (χ1v) is 10.9. The Morgan fingerprint density at radius 1 is 0.704 bits per heavy atom. The van der Waals surface area contributed by atoms with E-state index in [1.165, 1.54) is 22.3 Å². The Bertz CT molecular complexity index is 754. The molecule has 0 radical (unpaired) electrons. The molecule has 0 bridgehead atoms. The molecule has 2 aliphatic rings. The van der Waals surface area contributed by atoms with Crippen LogP contribution in [0.3, 0.4) is 0 Å². The second-order valence-corrected chi connectivity index (χ2v) is 8.33. The molecule has 0 saturated carbocycles. The smallest absolute Gasteiger partial charge is 1.00 e. The largest absolute Gasteiger partial charge is 1.00 e. The molecule has 2 aliphatic carbocycles. The van der Waals surface area contributed by atoms with Crippen molar-refractivity contribution in [3.63, 3.8) is 0 Å². The van der Waals surface area contributed by atoms with Gasteiger partial charge in [0.25, 0.3) is 0 Å². The maximum Gasteiger partial charge on any atom is -1.00 e. The molecule has 4 atom stereocenters. The molecule has 0 N–H and O–H groups in total. The molecule has 2 aromatic carbocycles. The van der Waals surface area contributed by atoms with Crippen molar-refractivity contribution in [2.75, 3.05) is 0 Å². The van der Waals surface area contributed by atoms with Gasteiger partial charge in [-0.2, -0.15) is 0 Å². The van der Waals surface area contributed by atoms with Gasteiger partial charge in [0.2, 0.25) is 0 Å². The molecule has 0 heterocycles. The summed E-state index contributed by atoms with van der Waals surface area (Å²) in [7, 11) is 0. The minimum Gasteiger partial charge on any atom is -1.00 e. The van der Waals surface area contributed by atoms with Crippen molar-refractivity contribution in [1.82, 2.24) is 0 Å². The topological polar surface area (TPSA) is 18.5 Å². The molecular weight excluding hydrogens is 458 g/mol.